The first-order valence-electron chi connectivity index (χ1n) is 6.96. The van der Waals surface area contributed by atoms with Crippen LogP contribution in [0.15, 0.2) is 17.8 Å². The molecule has 0 spiro atoms. The molecule has 18 heavy (non-hydrogen) atoms. The number of hydrogen-bond donors (Lipinski definition) is 1. The molecule has 0 aliphatic rings. The van der Waals surface area contributed by atoms with Crippen molar-refractivity contribution in [1.29, 1.82) is 0 Å². The summed E-state index contributed by atoms with van der Waals surface area (Å²) >= 11 is 1.67. The summed E-state index contributed by atoms with van der Waals surface area (Å²) in [6.45, 7) is 2.25. The second-order valence-corrected chi connectivity index (χ2v) is 5.87. The molecule has 4 heteroatoms. The van der Waals surface area contributed by atoms with Crippen LogP contribution in [-0.2, 0) is 6.42 Å². The Morgan fingerprint density at radius 2 is 2.17 bits per heavy atom. The van der Waals surface area contributed by atoms with E-state index in [0.29, 0.717) is 0 Å². The fourth-order valence-corrected chi connectivity index (χ4v) is 2.97. The molecule has 0 amide bonds. The van der Waals surface area contributed by atoms with Gasteiger partial charge in [-0.2, -0.15) is 0 Å². The Morgan fingerprint density at radius 3 is 2.94 bits per heavy atom. The van der Waals surface area contributed by atoms with E-state index in [1.54, 1.807) is 11.3 Å². The number of nitrogens with zero attached hydrogens (tertiary/aromatic N) is 2. The third-order valence-corrected chi connectivity index (χ3v) is 4.06. The van der Waals surface area contributed by atoms with Crippen LogP contribution in [0.1, 0.15) is 51.1 Å². The van der Waals surface area contributed by atoms with Gasteiger partial charge in [0.25, 0.3) is 0 Å². The van der Waals surface area contributed by atoms with Gasteiger partial charge in [0.1, 0.15) is 0 Å². The summed E-state index contributed by atoms with van der Waals surface area (Å²) in [6.07, 6.45) is 12.8. The summed E-state index contributed by atoms with van der Waals surface area (Å²) in [5.74, 6) is 0. The summed E-state index contributed by atoms with van der Waals surface area (Å²) in [5.41, 5.74) is 7.29. The van der Waals surface area contributed by atoms with Crippen LogP contribution in [0.2, 0.25) is 0 Å². The monoisotopic (exact) mass is 265 g/mol. The number of rotatable bonds is 8. The van der Waals surface area contributed by atoms with Crippen LogP contribution in [0.4, 0.5) is 0 Å². The van der Waals surface area contributed by atoms with E-state index in [9.17, 15) is 0 Å². The van der Waals surface area contributed by atoms with Crippen molar-refractivity contribution in [3.05, 3.63) is 23.5 Å². The first-order valence-corrected chi connectivity index (χ1v) is 7.84. The Hall–Kier alpha value is -0.870. The van der Waals surface area contributed by atoms with Crippen LogP contribution < -0.4 is 5.73 Å². The van der Waals surface area contributed by atoms with E-state index in [1.807, 2.05) is 6.20 Å². The van der Waals surface area contributed by atoms with Crippen LogP contribution in [0.3, 0.4) is 0 Å². The molecule has 2 aromatic rings. The van der Waals surface area contributed by atoms with Crippen LogP contribution in [0.5, 0.6) is 0 Å². The third kappa shape index (κ3) is 3.82. The molecule has 0 bridgehead atoms. The van der Waals surface area contributed by atoms with Gasteiger partial charge in [-0.3, -0.25) is 4.40 Å². The van der Waals surface area contributed by atoms with Gasteiger partial charge in [-0.25, -0.2) is 4.98 Å². The van der Waals surface area contributed by atoms with E-state index in [4.69, 9.17) is 5.73 Å². The largest absolute Gasteiger partial charge is 0.327 e. The zero-order valence-electron chi connectivity index (χ0n) is 11.1. The van der Waals surface area contributed by atoms with Gasteiger partial charge in [-0.15, -0.1) is 11.3 Å². The molecule has 0 saturated heterocycles. The second kappa shape index (κ2) is 6.90. The predicted molar refractivity (Wildman–Crippen MR) is 78.1 cm³/mol. The highest BCUT2D eigenvalue weighted by Gasteiger charge is 2.08. The van der Waals surface area contributed by atoms with Crippen molar-refractivity contribution in [2.75, 3.05) is 0 Å². The van der Waals surface area contributed by atoms with Crippen molar-refractivity contribution in [2.24, 2.45) is 5.73 Å². The number of imidazole rings is 1. The maximum absolute atomic E-state index is 6.17. The Bertz CT molecular complexity index is 432. The minimum Gasteiger partial charge on any atom is -0.327 e. The average molecular weight is 265 g/mol. The van der Waals surface area contributed by atoms with Gasteiger partial charge < -0.3 is 5.73 Å². The molecule has 2 N–H and O–H groups in total. The van der Waals surface area contributed by atoms with Gasteiger partial charge in [0, 0.05) is 30.2 Å². The molecule has 0 radical (unpaired) electrons. The summed E-state index contributed by atoms with van der Waals surface area (Å²) < 4.78 is 2.08. The normalized spacial score (nSPS) is 13.2. The van der Waals surface area contributed by atoms with Crippen molar-refractivity contribution >= 4 is 16.3 Å². The molecule has 0 fully saturated rings. The first-order chi connectivity index (χ1) is 8.79. The van der Waals surface area contributed by atoms with Crippen molar-refractivity contribution in [3.63, 3.8) is 0 Å². The highest BCUT2D eigenvalue weighted by Crippen LogP contribution is 2.14. The van der Waals surface area contributed by atoms with Crippen LogP contribution in [0.25, 0.3) is 4.96 Å². The number of thiazole rings is 1. The number of hydrogen-bond acceptors (Lipinski definition) is 3. The standard InChI is InChI=1S/C14H23N3S/c1-2-3-4-5-6-7-12(15)10-13-11-17-8-9-18-14(17)16-13/h8-9,11-12H,2-7,10,15H2,1H3. The summed E-state index contributed by atoms with van der Waals surface area (Å²) in [6, 6.07) is 0.260. The minimum absolute atomic E-state index is 0.260. The van der Waals surface area contributed by atoms with E-state index in [2.05, 4.69) is 27.9 Å². The maximum atomic E-state index is 6.17. The van der Waals surface area contributed by atoms with Gasteiger partial charge in [-0.05, 0) is 6.42 Å². The Labute approximate surface area is 113 Å². The number of nitrogens with two attached hydrogens (primary N) is 1. The van der Waals surface area contributed by atoms with E-state index in [0.717, 1.165) is 23.5 Å². The molecular weight excluding hydrogens is 242 g/mol. The van der Waals surface area contributed by atoms with Crippen LogP contribution in [-0.4, -0.2) is 15.4 Å². The van der Waals surface area contributed by atoms with Crippen LogP contribution >= 0.6 is 11.3 Å². The Balaban J connectivity index is 1.70. The van der Waals surface area contributed by atoms with Crippen molar-refractivity contribution < 1.29 is 0 Å². The molecule has 1 unspecified atom stereocenters. The van der Waals surface area contributed by atoms with E-state index >= 15 is 0 Å². The summed E-state index contributed by atoms with van der Waals surface area (Å²) in [5, 5.41) is 2.06. The van der Waals surface area contributed by atoms with E-state index < -0.39 is 0 Å². The molecule has 3 nitrogen and oxygen atoms in total. The predicted octanol–water partition coefficient (Wildman–Crippen LogP) is 3.63. The zero-order chi connectivity index (χ0) is 12.8. The SMILES string of the molecule is CCCCCCCC(N)Cc1cn2ccsc2n1. The summed E-state index contributed by atoms with van der Waals surface area (Å²) in [4.78, 5) is 5.64. The van der Waals surface area contributed by atoms with Gasteiger partial charge in [-0.1, -0.05) is 39.0 Å². The zero-order valence-corrected chi connectivity index (χ0v) is 12.0. The lowest BCUT2D eigenvalue weighted by molar-refractivity contribution is 0.535. The van der Waals surface area contributed by atoms with Crippen molar-refractivity contribution in [3.8, 4) is 0 Å². The van der Waals surface area contributed by atoms with Crippen LogP contribution in [0, 0.1) is 0 Å². The molecule has 0 aromatic carbocycles. The minimum atomic E-state index is 0.260. The van der Waals surface area contributed by atoms with Gasteiger partial charge in [0.2, 0.25) is 0 Å². The smallest absolute Gasteiger partial charge is 0.193 e. The highest BCUT2D eigenvalue weighted by atomic mass is 32.1. The molecular formula is C14H23N3S. The molecule has 2 rings (SSSR count). The van der Waals surface area contributed by atoms with E-state index in [1.165, 1.54) is 32.1 Å². The molecule has 1 atom stereocenters. The van der Waals surface area contributed by atoms with Gasteiger partial charge in [0.15, 0.2) is 4.96 Å². The first kappa shape index (κ1) is 13.6. The maximum Gasteiger partial charge on any atom is 0.193 e. The molecule has 0 aliphatic carbocycles. The molecule has 2 aromatic heterocycles. The number of aromatic nitrogens is 2. The van der Waals surface area contributed by atoms with Gasteiger partial charge in [0.05, 0.1) is 5.69 Å². The topological polar surface area (TPSA) is 43.3 Å². The van der Waals surface area contributed by atoms with E-state index in [-0.39, 0.29) is 6.04 Å². The lowest BCUT2D eigenvalue weighted by atomic mass is 10.0. The molecule has 2 heterocycles. The summed E-state index contributed by atoms with van der Waals surface area (Å²) in [7, 11) is 0. The molecule has 0 saturated carbocycles. The second-order valence-electron chi connectivity index (χ2n) is 4.99. The fraction of sp³-hybridized carbons (Fsp3) is 0.643. The molecule has 100 valence electrons. The number of fused-ring (bicyclic) bond motifs is 1. The quantitative estimate of drug-likeness (QED) is 0.741. The average Bonchev–Trinajstić information content (AvgIpc) is 2.89. The lowest BCUT2D eigenvalue weighted by Gasteiger charge is -2.09. The Kier molecular flexibility index (Phi) is 5.20. The number of unbranched alkanes of at least 4 members (excludes halogenated alkanes) is 4. The molecule has 0 aliphatic heterocycles. The van der Waals surface area contributed by atoms with Crippen molar-refractivity contribution in [2.45, 2.75) is 57.9 Å². The lowest BCUT2D eigenvalue weighted by Crippen LogP contribution is -2.22. The Morgan fingerprint density at radius 1 is 1.33 bits per heavy atom. The van der Waals surface area contributed by atoms with Crippen molar-refractivity contribution in [1.82, 2.24) is 9.38 Å². The highest BCUT2D eigenvalue weighted by molar-refractivity contribution is 7.15. The third-order valence-electron chi connectivity index (χ3n) is 3.29. The van der Waals surface area contributed by atoms with Gasteiger partial charge >= 0.3 is 0 Å². The fourth-order valence-electron chi connectivity index (χ4n) is 2.26.